The fourth-order valence-electron chi connectivity index (χ4n) is 5.72. The molecule has 0 amide bonds. The summed E-state index contributed by atoms with van der Waals surface area (Å²) in [5, 5.41) is 11.0. The van der Waals surface area contributed by atoms with Gasteiger partial charge >= 0.3 is 5.97 Å². The summed E-state index contributed by atoms with van der Waals surface area (Å²) in [7, 11) is 1.38. The lowest BCUT2D eigenvalue weighted by Crippen LogP contribution is -2.52. The summed E-state index contributed by atoms with van der Waals surface area (Å²) >= 11 is 0. The molecule has 1 saturated carbocycles. The van der Waals surface area contributed by atoms with Crippen LogP contribution in [-0.2, 0) is 26.0 Å². The summed E-state index contributed by atoms with van der Waals surface area (Å²) in [4.78, 5) is 12.1. The first-order valence-electron chi connectivity index (χ1n) is 10.5. The number of aliphatic hydroxyl groups is 1. The minimum absolute atomic E-state index is 0.148. The Bertz CT molecular complexity index is 974. The standard InChI is InChI=1S/C25H26O5/c1-28-23(27)18-7-8-21-20(13-18)22(26)14-19-16-25(29-11-12-30-25)10-9-24(19,21)15-17-5-3-2-4-6-17/h2-8,11-13,19,22,26H,9-10,14-16H2,1H3/t19-,22?,24-/m0/s1. The molecule has 2 aromatic carbocycles. The van der Waals surface area contributed by atoms with Crippen LogP contribution in [0, 0.1) is 5.92 Å². The Hall–Kier alpha value is -2.79. The van der Waals surface area contributed by atoms with Crippen molar-refractivity contribution in [2.75, 3.05) is 7.11 Å². The van der Waals surface area contributed by atoms with Crippen LogP contribution in [0.1, 0.15) is 58.8 Å². The van der Waals surface area contributed by atoms with E-state index in [0.717, 1.165) is 36.8 Å². The Kier molecular flexibility index (Phi) is 4.58. The van der Waals surface area contributed by atoms with Gasteiger partial charge in [-0.3, -0.25) is 0 Å². The number of carbonyl (C=O) groups excluding carboxylic acids is 1. The molecule has 1 unspecified atom stereocenters. The number of ether oxygens (including phenoxy) is 3. The van der Waals surface area contributed by atoms with Crippen LogP contribution in [0.15, 0.2) is 61.1 Å². The maximum absolute atomic E-state index is 12.1. The highest BCUT2D eigenvalue weighted by Gasteiger charge is 2.56. The molecule has 156 valence electrons. The van der Waals surface area contributed by atoms with Gasteiger partial charge in [0.25, 0.3) is 0 Å². The van der Waals surface area contributed by atoms with E-state index in [4.69, 9.17) is 14.2 Å². The van der Waals surface area contributed by atoms with Crippen molar-refractivity contribution in [2.45, 2.75) is 49.4 Å². The number of rotatable bonds is 3. The molecule has 0 saturated heterocycles. The SMILES string of the molecule is COC(=O)c1ccc2c(c1)C(O)C[C@H]1CC3(CC[C@@]21Cc1ccccc1)OC=CO3. The average Bonchev–Trinajstić information content (AvgIpc) is 3.23. The molecule has 1 N–H and O–H groups in total. The van der Waals surface area contributed by atoms with Gasteiger partial charge in [-0.15, -0.1) is 0 Å². The fraction of sp³-hybridized carbons (Fsp3) is 0.400. The van der Waals surface area contributed by atoms with Crippen molar-refractivity contribution in [3.8, 4) is 0 Å². The van der Waals surface area contributed by atoms with Gasteiger partial charge in [-0.25, -0.2) is 4.79 Å². The zero-order valence-electron chi connectivity index (χ0n) is 17.0. The van der Waals surface area contributed by atoms with Crippen molar-refractivity contribution in [3.63, 3.8) is 0 Å². The topological polar surface area (TPSA) is 65.0 Å². The van der Waals surface area contributed by atoms with Gasteiger partial charge in [0.2, 0.25) is 5.79 Å². The maximum atomic E-state index is 12.1. The van der Waals surface area contributed by atoms with Crippen LogP contribution >= 0.6 is 0 Å². The van der Waals surface area contributed by atoms with Crippen LogP contribution in [0.25, 0.3) is 0 Å². The third kappa shape index (κ3) is 3.00. The van der Waals surface area contributed by atoms with Gasteiger partial charge in [-0.05, 0) is 54.0 Å². The van der Waals surface area contributed by atoms with Crippen molar-refractivity contribution in [2.24, 2.45) is 5.92 Å². The molecule has 2 aromatic rings. The second-order valence-electron chi connectivity index (χ2n) is 8.68. The highest BCUT2D eigenvalue weighted by Crippen LogP contribution is 2.58. The number of hydrogen-bond acceptors (Lipinski definition) is 5. The second kappa shape index (κ2) is 7.17. The molecular formula is C25H26O5. The van der Waals surface area contributed by atoms with Crippen molar-refractivity contribution < 1.29 is 24.1 Å². The lowest BCUT2D eigenvalue weighted by atomic mass is 9.53. The highest BCUT2D eigenvalue weighted by molar-refractivity contribution is 5.89. The van der Waals surface area contributed by atoms with E-state index in [2.05, 4.69) is 24.3 Å². The predicted octanol–water partition coefficient (Wildman–Crippen LogP) is 4.41. The maximum Gasteiger partial charge on any atom is 0.337 e. The predicted molar refractivity (Wildman–Crippen MR) is 111 cm³/mol. The summed E-state index contributed by atoms with van der Waals surface area (Å²) in [6.45, 7) is 0. The first kappa shape index (κ1) is 19.2. The molecule has 0 aromatic heterocycles. The van der Waals surface area contributed by atoms with E-state index in [1.807, 2.05) is 24.3 Å². The fourth-order valence-corrected chi connectivity index (χ4v) is 5.72. The van der Waals surface area contributed by atoms with Gasteiger partial charge in [0.05, 0.1) is 18.8 Å². The van der Waals surface area contributed by atoms with E-state index in [-0.39, 0.29) is 17.3 Å². The molecule has 5 rings (SSSR count). The first-order valence-corrected chi connectivity index (χ1v) is 10.5. The van der Waals surface area contributed by atoms with Crippen molar-refractivity contribution >= 4 is 5.97 Å². The Labute approximate surface area is 176 Å². The van der Waals surface area contributed by atoms with Crippen LogP contribution in [0.2, 0.25) is 0 Å². The molecule has 1 fully saturated rings. The summed E-state index contributed by atoms with van der Waals surface area (Å²) in [5.41, 5.74) is 3.56. The number of hydrogen-bond donors (Lipinski definition) is 1. The summed E-state index contributed by atoms with van der Waals surface area (Å²) in [6.07, 6.45) is 6.48. The molecule has 5 nitrogen and oxygen atoms in total. The lowest BCUT2D eigenvalue weighted by molar-refractivity contribution is -0.190. The van der Waals surface area contributed by atoms with Crippen LogP contribution in [-0.4, -0.2) is 24.0 Å². The van der Waals surface area contributed by atoms with Crippen molar-refractivity contribution in [3.05, 3.63) is 83.3 Å². The molecule has 0 bridgehead atoms. The van der Waals surface area contributed by atoms with Crippen LogP contribution < -0.4 is 0 Å². The van der Waals surface area contributed by atoms with Gasteiger partial charge < -0.3 is 19.3 Å². The second-order valence-corrected chi connectivity index (χ2v) is 8.68. The zero-order chi connectivity index (χ0) is 20.8. The number of aliphatic hydroxyl groups excluding tert-OH is 1. The number of methoxy groups -OCH3 is 1. The first-order chi connectivity index (χ1) is 14.6. The molecule has 3 atom stereocenters. The number of carbonyl (C=O) groups is 1. The van der Waals surface area contributed by atoms with Gasteiger partial charge in [0.15, 0.2) is 0 Å². The largest absolute Gasteiger partial charge is 0.465 e. The number of esters is 1. The van der Waals surface area contributed by atoms with E-state index in [9.17, 15) is 9.90 Å². The van der Waals surface area contributed by atoms with Gasteiger partial charge in [0, 0.05) is 18.3 Å². The van der Waals surface area contributed by atoms with E-state index >= 15 is 0 Å². The Morgan fingerprint density at radius 1 is 1.13 bits per heavy atom. The molecule has 1 heterocycles. The van der Waals surface area contributed by atoms with Crippen LogP contribution in [0.5, 0.6) is 0 Å². The molecular weight excluding hydrogens is 380 g/mol. The lowest BCUT2D eigenvalue weighted by Gasteiger charge is -2.53. The third-order valence-electron chi connectivity index (χ3n) is 7.15. The summed E-state index contributed by atoms with van der Waals surface area (Å²) in [6, 6.07) is 16.1. The van der Waals surface area contributed by atoms with E-state index < -0.39 is 11.9 Å². The molecule has 0 radical (unpaired) electrons. The molecule has 5 heteroatoms. The van der Waals surface area contributed by atoms with Crippen LogP contribution in [0.3, 0.4) is 0 Å². The molecule has 30 heavy (non-hydrogen) atoms. The van der Waals surface area contributed by atoms with E-state index in [1.165, 1.54) is 12.7 Å². The zero-order valence-corrected chi connectivity index (χ0v) is 17.0. The molecule has 1 spiro atoms. The third-order valence-corrected chi connectivity index (χ3v) is 7.15. The van der Waals surface area contributed by atoms with Gasteiger partial charge in [-0.2, -0.15) is 0 Å². The van der Waals surface area contributed by atoms with Gasteiger partial charge in [-0.1, -0.05) is 36.4 Å². The average molecular weight is 406 g/mol. The number of benzene rings is 2. The minimum Gasteiger partial charge on any atom is -0.465 e. The van der Waals surface area contributed by atoms with Crippen molar-refractivity contribution in [1.29, 1.82) is 0 Å². The molecule has 1 aliphatic heterocycles. The van der Waals surface area contributed by atoms with Gasteiger partial charge in [0.1, 0.15) is 12.5 Å². The Morgan fingerprint density at radius 3 is 2.63 bits per heavy atom. The summed E-state index contributed by atoms with van der Waals surface area (Å²) in [5.74, 6) is -0.808. The smallest absolute Gasteiger partial charge is 0.337 e. The Morgan fingerprint density at radius 2 is 1.90 bits per heavy atom. The quantitative estimate of drug-likeness (QED) is 0.765. The van der Waals surface area contributed by atoms with E-state index in [1.54, 1.807) is 12.5 Å². The molecule has 3 aliphatic rings. The molecule has 2 aliphatic carbocycles. The minimum atomic E-state index is -0.636. The monoisotopic (exact) mass is 406 g/mol. The van der Waals surface area contributed by atoms with Crippen LogP contribution in [0.4, 0.5) is 0 Å². The highest BCUT2D eigenvalue weighted by atomic mass is 16.7. The van der Waals surface area contributed by atoms with E-state index in [0.29, 0.717) is 12.0 Å². The summed E-state index contributed by atoms with van der Waals surface area (Å²) < 4.78 is 16.6. The normalized spacial score (nSPS) is 28.2. The Balaban J connectivity index is 1.60. The van der Waals surface area contributed by atoms with Crippen molar-refractivity contribution in [1.82, 2.24) is 0 Å². The number of fused-ring (bicyclic) bond motifs is 3.